The minimum atomic E-state index is 0.0859. The van der Waals surface area contributed by atoms with Crippen molar-refractivity contribution in [1.29, 1.82) is 0 Å². The molecule has 4 rings (SSSR count). The van der Waals surface area contributed by atoms with Gasteiger partial charge in [-0.05, 0) is 31.0 Å². The van der Waals surface area contributed by atoms with Gasteiger partial charge in [-0.3, -0.25) is 4.79 Å². The number of hydrogen-bond acceptors (Lipinski definition) is 4. The molecular formula is C15H15BrN4O. The first-order valence-electron chi connectivity index (χ1n) is 7.16. The van der Waals surface area contributed by atoms with E-state index in [1.165, 1.54) is 0 Å². The second kappa shape index (κ2) is 4.94. The first-order valence-corrected chi connectivity index (χ1v) is 7.95. The first-order chi connectivity index (χ1) is 10.2. The molecule has 2 aliphatic rings. The van der Waals surface area contributed by atoms with Gasteiger partial charge in [0.1, 0.15) is 12.1 Å². The van der Waals surface area contributed by atoms with Crippen LogP contribution in [0.5, 0.6) is 0 Å². The molecule has 5 nitrogen and oxygen atoms in total. The average Bonchev–Trinajstić information content (AvgIpc) is 3.21. The smallest absolute Gasteiger partial charge is 0.226 e. The maximum Gasteiger partial charge on any atom is 0.226 e. The molecule has 1 aliphatic carbocycles. The van der Waals surface area contributed by atoms with E-state index in [1.54, 1.807) is 6.33 Å². The highest BCUT2D eigenvalue weighted by Crippen LogP contribution is 2.31. The van der Waals surface area contributed by atoms with Gasteiger partial charge in [-0.2, -0.15) is 0 Å². The third kappa shape index (κ3) is 2.48. The fraction of sp³-hybridized carbons (Fsp3) is 0.400. The Balaban J connectivity index is 1.53. The summed E-state index contributed by atoms with van der Waals surface area (Å²) in [5.41, 5.74) is 0.925. The number of benzene rings is 1. The molecule has 2 aromatic rings. The molecule has 108 valence electrons. The molecule has 0 atom stereocenters. The first kappa shape index (κ1) is 13.0. The molecule has 1 saturated heterocycles. The number of amides is 1. The van der Waals surface area contributed by atoms with E-state index in [0.29, 0.717) is 6.04 Å². The van der Waals surface area contributed by atoms with Gasteiger partial charge in [0, 0.05) is 29.0 Å². The van der Waals surface area contributed by atoms with Crippen LogP contribution >= 0.6 is 15.9 Å². The van der Waals surface area contributed by atoms with Gasteiger partial charge in [0.25, 0.3) is 0 Å². The van der Waals surface area contributed by atoms with Crippen LogP contribution in [0.4, 0.5) is 5.82 Å². The van der Waals surface area contributed by atoms with Gasteiger partial charge in [0.15, 0.2) is 0 Å². The Morgan fingerprint density at radius 3 is 2.86 bits per heavy atom. The number of nitrogens with one attached hydrogen (secondary N) is 1. The number of halogens is 1. The highest BCUT2D eigenvalue weighted by atomic mass is 79.9. The van der Waals surface area contributed by atoms with Gasteiger partial charge in [-0.15, -0.1) is 0 Å². The Bertz CT molecular complexity index is 710. The summed E-state index contributed by atoms with van der Waals surface area (Å²) in [6.07, 6.45) is 3.85. The van der Waals surface area contributed by atoms with E-state index >= 15 is 0 Å². The Morgan fingerprint density at radius 2 is 2.10 bits per heavy atom. The van der Waals surface area contributed by atoms with Crippen LogP contribution in [-0.4, -0.2) is 35.0 Å². The van der Waals surface area contributed by atoms with Gasteiger partial charge >= 0.3 is 0 Å². The van der Waals surface area contributed by atoms with Gasteiger partial charge in [-0.1, -0.05) is 15.9 Å². The van der Waals surface area contributed by atoms with Crippen molar-refractivity contribution in [2.45, 2.75) is 18.9 Å². The quantitative estimate of drug-likeness (QED) is 0.924. The van der Waals surface area contributed by atoms with Crippen LogP contribution in [0.2, 0.25) is 0 Å². The minimum Gasteiger partial charge on any atom is -0.354 e. The molecule has 1 aliphatic heterocycles. The molecular weight excluding hydrogens is 332 g/mol. The molecule has 2 fully saturated rings. The molecule has 1 saturated carbocycles. The standard InChI is InChI=1S/C15H15BrN4O/c16-10-1-4-13-12(5-10)14(18-8-17-13)20-6-9(7-20)15(21)19-11-2-3-11/h1,4-5,8-9,11H,2-3,6-7H2,(H,19,21). The largest absolute Gasteiger partial charge is 0.354 e. The molecule has 1 N–H and O–H groups in total. The van der Waals surface area contributed by atoms with E-state index in [0.717, 1.165) is 47.1 Å². The highest BCUT2D eigenvalue weighted by Gasteiger charge is 2.36. The summed E-state index contributed by atoms with van der Waals surface area (Å²) in [5, 5.41) is 4.09. The zero-order valence-electron chi connectivity index (χ0n) is 11.4. The van der Waals surface area contributed by atoms with Crippen molar-refractivity contribution >= 4 is 38.6 Å². The van der Waals surface area contributed by atoms with E-state index in [9.17, 15) is 4.79 Å². The van der Waals surface area contributed by atoms with Gasteiger partial charge in [0.2, 0.25) is 5.91 Å². The Hall–Kier alpha value is -1.69. The van der Waals surface area contributed by atoms with Gasteiger partial charge in [0.05, 0.1) is 11.4 Å². The predicted molar refractivity (Wildman–Crippen MR) is 84.1 cm³/mol. The van der Waals surface area contributed by atoms with Crippen molar-refractivity contribution in [2.24, 2.45) is 5.92 Å². The fourth-order valence-electron chi connectivity index (χ4n) is 2.63. The van der Waals surface area contributed by atoms with Crippen molar-refractivity contribution in [2.75, 3.05) is 18.0 Å². The lowest BCUT2D eigenvalue weighted by Gasteiger charge is -2.39. The number of rotatable bonds is 3. The van der Waals surface area contributed by atoms with Gasteiger partial charge < -0.3 is 10.2 Å². The number of carbonyl (C=O) groups excluding carboxylic acids is 1. The monoisotopic (exact) mass is 346 g/mol. The van der Waals surface area contributed by atoms with E-state index in [4.69, 9.17) is 0 Å². The molecule has 1 aromatic carbocycles. The third-order valence-electron chi connectivity index (χ3n) is 4.05. The van der Waals surface area contributed by atoms with Crippen LogP contribution in [0, 0.1) is 5.92 Å². The maximum absolute atomic E-state index is 12.0. The number of aromatic nitrogens is 2. The lowest BCUT2D eigenvalue weighted by molar-refractivity contribution is -0.125. The zero-order chi connectivity index (χ0) is 14.4. The number of carbonyl (C=O) groups is 1. The summed E-state index contributed by atoms with van der Waals surface area (Å²) in [5.74, 6) is 1.19. The summed E-state index contributed by atoms with van der Waals surface area (Å²) in [4.78, 5) is 22.8. The van der Waals surface area contributed by atoms with Crippen LogP contribution in [0.3, 0.4) is 0 Å². The number of nitrogens with zero attached hydrogens (tertiary/aromatic N) is 3. The lowest BCUT2D eigenvalue weighted by Crippen LogP contribution is -2.54. The van der Waals surface area contributed by atoms with E-state index in [-0.39, 0.29) is 11.8 Å². The molecule has 21 heavy (non-hydrogen) atoms. The zero-order valence-corrected chi connectivity index (χ0v) is 13.0. The summed E-state index contributed by atoms with van der Waals surface area (Å²) in [6, 6.07) is 6.41. The van der Waals surface area contributed by atoms with Crippen molar-refractivity contribution in [1.82, 2.24) is 15.3 Å². The molecule has 1 amide bonds. The van der Waals surface area contributed by atoms with Crippen molar-refractivity contribution in [3.05, 3.63) is 29.0 Å². The molecule has 0 bridgehead atoms. The minimum absolute atomic E-state index is 0.0859. The Morgan fingerprint density at radius 1 is 1.29 bits per heavy atom. The topological polar surface area (TPSA) is 58.1 Å². The number of fused-ring (bicyclic) bond motifs is 1. The lowest BCUT2D eigenvalue weighted by atomic mass is 9.98. The highest BCUT2D eigenvalue weighted by molar-refractivity contribution is 9.10. The Labute approximate surface area is 130 Å². The molecule has 0 radical (unpaired) electrons. The average molecular weight is 347 g/mol. The van der Waals surface area contributed by atoms with Crippen LogP contribution in [-0.2, 0) is 4.79 Å². The van der Waals surface area contributed by atoms with Gasteiger partial charge in [-0.25, -0.2) is 9.97 Å². The molecule has 2 heterocycles. The fourth-order valence-corrected chi connectivity index (χ4v) is 2.99. The molecule has 0 unspecified atom stereocenters. The van der Waals surface area contributed by atoms with Crippen LogP contribution in [0.1, 0.15) is 12.8 Å². The van der Waals surface area contributed by atoms with Crippen LogP contribution in [0.15, 0.2) is 29.0 Å². The number of anilines is 1. The second-order valence-electron chi connectivity index (χ2n) is 5.74. The predicted octanol–water partition coefficient (Wildman–Crippen LogP) is 2.11. The van der Waals surface area contributed by atoms with E-state index in [2.05, 4.69) is 36.1 Å². The van der Waals surface area contributed by atoms with E-state index < -0.39 is 0 Å². The molecule has 1 aromatic heterocycles. The van der Waals surface area contributed by atoms with Crippen molar-refractivity contribution in [3.63, 3.8) is 0 Å². The Kier molecular flexibility index (Phi) is 3.06. The number of hydrogen-bond donors (Lipinski definition) is 1. The van der Waals surface area contributed by atoms with Crippen molar-refractivity contribution < 1.29 is 4.79 Å². The van der Waals surface area contributed by atoms with Crippen LogP contribution < -0.4 is 10.2 Å². The normalized spacial score (nSPS) is 18.6. The second-order valence-corrected chi connectivity index (χ2v) is 6.66. The maximum atomic E-state index is 12.0. The van der Waals surface area contributed by atoms with Crippen LogP contribution in [0.25, 0.3) is 10.9 Å². The summed E-state index contributed by atoms with van der Waals surface area (Å²) < 4.78 is 1.01. The summed E-state index contributed by atoms with van der Waals surface area (Å²) in [6.45, 7) is 1.47. The summed E-state index contributed by atoms with van der Waals surface area (Å²) in [7, 11) is 0. The third-order valence-corrected chi connectivity index (χ3v) is 4.55. The van der Waals surface area contributed by atoms with Crippen molar-refractivity contribution in [3.8, 4) is 0 Å². The molecule has 0 spiro atoms. The summed E-state index contributed by atoms with van der Waals surface area (Å²) >= 11 is 3.49. The SMILES string of the molecule is O=C(NC1CC1)C1CN(c2ncnc3ccc(Br)cc23)C1. The van der Waals surface area contributed by atoms with E-state index in [1.807, 2.05) is 18.2 Å². The molecule has 6 heteroatoms.